The van der Waals surface area contributed by atoms with Crippen LogP contribution in [0.5, 0.6) is 5.75 Å². The molecule has 0 heterocycles. The van der Waals surface area contributed by atoms with E-state index in [0.717, 1.165) is 5.56 Å². The molecule has 3 aromatic rings. The number of rotatable bonds is 6. The average molecular weight is 392 g/mol. The second-order valence-corrected chi connectivity index (χ2v) is 7.42. The van der Waals surface area contributed by atoms with Crippen molar-refractivity contribution in [2.24, 2.45) is 0 Å². The third-order valence-electron chi connectivity index (χ3n) is 3.87. The normalized spacial score (nSPS) is 10.7. The molecule has 0 aliphatic rings. The van der Waals surface area contributed by atoms with Gasteiger partial charge in [-0.3, -0.25) is 4.79 Å². The lowest BCUT2D eigenvalue weighted by Crippen LogP contribution is -2.22. The fourth-order valence-corrected chi connectivity index (χ4v) is 3.36. The van der Waals surface area contributed by atoms with E-state index >= 15 is 0 Å². The van der Waals surface area contributed by atoms with Crippen LogP contribution in [0.25, 0.3) is 0 Å². The molecule has 28 heavy (non-hydrogen) atoms. The van der Waals surface area contributed by atoms with Gasteiger partial charge in [0.2, 0.25) is 0 Å². The third-order valence-corrected chi connectivity index (χ3v) is 5.13. The van der Waals surface area contributed by atoms with Crippen molar-refractivity contribution in [3.63, 3.8) is 0 Å². The highest BCUT2D eigenvalue weighted by molar-refractivity contribution is 7.87. The first-order chi connectivity index (χ1) is 13.5. The van der Waals surface area contributed by atoms with Gasteiger partial charge in [0.1, 0.15) is 10.6 Å². The second kappa shape index (κ2) is 8.37. The van der Waals surface area contributed by atoms with Gasteiger partial charge in [0.25, 0.3) is 5.91 Å². The largest absolute Gasteiger partial charge is 0.379 e. The van der Waals surface area contributed by atoms with Gasteiger partial charge in [0, 0.05) is 12.1 Å². The van der Waals surface area contributed by atoms with Gasteiger partial charge in [0.05, 0.1) is 11.6 Å². The molecule has 7 heteroatoms. The Balaban J connectivity index is 1.71. The van der Waals surface area contributed by atoms with Gasteiger partial charge in [-0.2, -0.15) is 13.7 Å². The van der Waals surface area contributed by atoms with Crippen molar-refractivity contribution in [3.05, 3.63) is 95.6 Å². The highest BCUT2D eigenvalue weighted by Crippen LogP contribution is 2.20. The van der Waals surface area contributed by atoms with Gasteiger partial charge in [-0.05, 0) is 48.0 Å². The fourth-order valence-electron chi connectivity index (χ4n) is 2.44. The third kappa shape index (κ3) is 4.75. The zero-order valence-corrected chi connectivity index (χ0v) is 15.5. The second-order valence-electron chi connectivity index (χ2n) is 5.87. The van der Waals surface area contributed by atoms with E-state index in [9.17, 15) is 13.2 Å². The first kappa shape index (κ1) is 19.1. The maximum Gasteiger partial charge on any atom is 0.339 e. The molecule has 6 nitrogen and oxygen atoms in total. The van der Waals surface area contributed by atoms with E-state index in [-0.39, 0.29) is 22.1 Å². The number of carbonyl (C=O) groups is 1. The van der Waals surface area contributed by atoms with Crippen molar-refractivity contribution < 1.29 is 17.4 Å². The lowest BCUT2D eigenvalue weighted by Gasteiger charge is -2.09. The summed E-state index contributed by atoms with van der Waals surface area (Å²) < 4.78 is 29.9. The van der Waals surface area contributed by atoms with Crippen LogP contribution in [0.15, 0.2) is 83.8 Å². The molecule has 140 valence electrons. The van der Waals surface area contributed by atoms with Gasteiger partial charge in [0.15, 0.2) is 0 Å². The minimum absolute atomic E-state index is 0.0247. The molecule has 0 radical (unpaired) electrons. The SMILES string of the molecule is N#Cc1ccc(S(=O)(=O)Oc2cccc(C(=O)NCc3ccccc3)c2)cc1. The van der Waals surface area contributed by atoms with Crippen molar-refractivity contribution in [3.8, 4) is 11.8 Å². The molecule has 3 aromatic carbocycles. The van der Waals surface area contributed by atoms with Crippen molar-refractivity contribution in [2.75, 3.05) is 0 Å². The van der Waals surface area contributed by atoms with E-state index in [1.165, 1.54) is 36.4 Å². The van der Waals surface area contributed by atoms with Crippen molar-refractivity contribution in [1.29, 1.82) is 5.26 Å². The first-order valence-electron chi connectivity index (χ1n) is 8.35. The van der Waals surface area contributed by atoms with Crippen LogP contribution < -0.4 is 9.50 Å². The van der Waals surface area contributed by atoms with Gasteiger partial charge in [-0.1, -0.05) is 36.4 Å². The van der Waals surface area contributed by atoms with E-state index in [2.05, 4.69) is 5.32 Å². The van der Waals surface area contributed by atoms with Gasteiger partial charge < -0.3 is 9.50 Å². The van der Waals surface area contributed by atoms with Crippen molar-refractivity contribution in [2.45, 2.75) is 11.4 Å². The van der Waals surface area contributed by atoms with Crippen molar-refractivity contribution >= 4 is 16.0 Å². The highest BCUT2D eigenvalue weighted by Gasteiger charge is 2.17. The summed E-state index contributed by atoms with van der Waals surface area (Å²) in [5, 5.41) is 11.6. The predicted octanol–water partition coefficient (Wildman–Crippen LogP) is 3.26. The first-order valence-corrected chi connectivity index (χ1v) is 9.75. The molecule has 3 rings (SSSR count). The minimum Gasteiger partial charge on any atom is -0.379 e. The van der Waals surface area contributed by atoms with Crippen molar-refractivity contribution in [1.82, 2.24) is 5.32 Å². The summed E-state index contributed by atoms with van der Waals surface area (Å²) in [5.74, 6) is -0.318. The number of amides is 1. The summed E-state index contributed by atoms with van der Waals surface area (Å²) in [6.07, 6.45) is 0. The monoisotopic (exact) mass is 392 g/mol. The number of nitrogens with zero attached hydrogens (tertiary/aromatic N) is 1. The van der Waals surface area contributed by atoms with Crippen LogP contribution >= 0.6 is 0 Å². The number of hydrogen-bond donors (Lipinski definition) is 1. The molecule has 0 aliphatic heterocycles. The molecule has 0 unspecified atom stereocenters. The Labute approximate surface area is 163 Å². The summed E-state index contributed by atoms with van der Waals surface area (Å²) in [7, 11) is -4.08. The summed E-state index contributed by atoms with van der Waals surface area (Å²) >= 11 is 0. The number of carbonyl (C=O) groups excluding carboxylic acids is 1. The molecule has 1 amide bonds. The van der Waals surface area contributed by atoms with Crippen LogP contribution in [-0.4, -0.2) is 14.3 Å². The highest BCUT2D eigenvalue weighted by atomic mass is 32.2. The Morgan fingerprint density at radius 3 is 2.36 bits per heavy atom. The van der Waals surface area contributed by atoms with Crippen LogP contribution in [0.2, 0.25) is 0 Å². The topological polar surface area (TPSA) is 96.3 Å². The van der Waals surface area contributed by atoms with E-state index in [0.29, 0.717) is 12.1 Å². The molecular formula is C21H16N2O4S. The van der Waals surface area contributed by atoms with E-state index in [1.807, 2.05) is 36.4 Å². The van der Waals surface area contributed by atoms with E-state index < -0.39 is 10.1 Å². The van der Waals surface area contributed by atoms with Crippen LogP contribution in [0, 0.1) is 11.3 Å². The molecule has 0 spiro atoms. The Hall–Kier alpha value is -3.63. The molecule has 0 fully saturated rings. The van der Waals surface area contributed by atoms with Gasteiger partial charge >= 0.3 is 10.1 Å². The van der Waals surface area contributed by atoms with Crippen LogP contribution in [0.3, 0.4) is 0 Å². The molecule has 0 saturated carbocycles. The van der Waals surface area contributed by atoms with E-state index in [4.69, 9.17) is 9.44 Å². The number of benzene rings is 3. The van der Waals surface area contributed by atoms with E-state index in [1.54, 1.807) is 12.1 Å². The summed E-state index contributed by atoms with van der Waals surface area (Å²) in [5.41, 5.74) is 1.58. The summed E-state index contributed by atoms with van der Waals surface area (Å²) in [6.45, 7) is 0.355. The quantitative estimate of drug-likeness (QED) is 0.650. The van der Waals surface area contributed by atoms with Crippen LogP contribution in [-0.2, 0) is 16.7 Å². The Kier molecular flexibility index (Phi) is 5.72. The maximum absolute atomic E-state index is 12.4. The van der Waals surface area contributed by atoms with Gasteiger partial charge in [-0.15, -0.1) is 0 Å². The van der Waals surface area contributed by atoms with Crippen LogP contribution in [0.1, 0.15) is 21.5 Å². The molecule has 0 atom stereocenters. The Bertz CT molecular complexity index is 1120. The molecule has 0 saturated heterocycles. The van der Waals surface area contributed by atoms with Gasteiger partial charge in [-0.25, -0.2) is 0 Å². The predicted molar refractivity (Wildman–Crippen MR) is 103 cm³/mol. The standard InChI is InChI=1S/C21H16N2O4S/c22-14-16-9-11-20(12-10-16)28(25,26)27-19-8-4-7-18(13-19)21(24)23-15-17-5-2-1-3-6-17/h1-13H,15H2,(H,23,24). The number of hydrogen-bond acceptors (Lipinski definition) is 5. The summed E-state index contributed by atoms with van der Waals surface area (Å²) in [4.78, 5) is 12.3. The maximum atomic E-state index is 12.4. The molecule has 1 N–H and O–H groups in total. The zero-order chi connectivity index (χ0) is 20.0. The number of nitrogens with one attached hydrogen (secondary N) is 1. The lowest BCUT2D eigenvalue weighted by atomic mass is 10.2. The Morgan fingerprint density at radius 2 is 1.68 bits per heavy atom. The smallest absolute Gasteiger partial charge is 0.339 e. The fraction of sp³-hybridized carbons (Fsp3) is 0.0476. The minimum atomic E-state index is -4.08. The zero-order valence-electron chi connectivity index (χ0n) is 14.7. The summed E-state index contributed by atoms with van der Waals surface area (Å²) in [6, 6.07) is 22.7. The molecule has 0 aliphatic carbocycles. The Morgan fingerprint density at radius 1 is 0.964 bits per heavy atom. The molecule has 0 aromatic heterocycles. The lowest BCUT2D eigenvalue weighted by molar-refractivity contribution is 0.0950. The average Bonchev–Trinajstić information content (AvgIpc) is 2.72. The number of nitriles is 1. The molecule has 0 bridgehead atoms. The molecular weight excluding hydrogens is 376 g/mol. The van der Waals surface area contributed by atoms with Crippen LogP contribution in [0.4, 0.5) is 0 Å².